The molecule has 0 aliphatic rings. The predicted octanol–water partition coefficient (Wildman–Crippen LogP) is 3.33. The van der Waals surface area contributed by atoms with Crippen LogP contribution < -0.4 is 25.6 Å². The third-order valence-corrected chi connectivity index (χ3v) is 5.00. The van der Waals surface area contributed by atoms with Crippen LogP contribution in [0.2, 0.25) is 0 Å². The zero-order valence-electron chi connectivity index (χ0n) is 19.2. The molecule has 0 saturated heterocycles. The smallest absolute Gasteiger partial charge is 0.276 e. The minimum atomic E-state index is -0.466. The number of thiocarbonyl (C=S) groups is 1. The lowest BCUT2D eigenvalue weighted by Gasteiger charge is -2.14. The van der Waals surface area contributed by atoms with E-state index in [0.717, 1.165) is 6.42 Å². The van der Waals surface area contributed by atoms with E-state index in [1.807, 2.05) is 31.2 Å². The van der Waals surface area contributed by atoms with Gasteiger partial charge in [0.1, 0.15) is 18.1 Å². The van der Waals surface area contributed by atoms with Gasteiger partial charge in [0.05, 0.1) is 12.2 Å². The van der Waals surface area contributed by atoms with Crippen molar-refractivity contribution in [1.29, 1.82) is 0 Å². The van der Waals surface area contributed by atoms with Gasteiger partial charge in [-0.1, -0.05) is 38.1 Å². The Hall–Kier alpha value is -3.17. The van der Waals surface area contributed by atoms with Crippen LogP contribution in [0.15, 0.2) is 48.5 Å². The first-order valence-corrected chi connectivity index (χ1v) is 11.3. The Balaban J connectivity index is 1.76. The van der Waals surface area contributed by atoms with Gasteiger partial charge in [0.2, 0.25) is 0 Å². The van der Waals surface area contributed by atoms with Gasteiger partial charge >= 0.3 is 0 Å². The van der Waals surface area contributed by atoms with E-state index in [0.29, 0.717) is 42.8 Å². The lowest BCUT2D eigenvalue weighted by Crippen LogP contribution is -2.49. The van der Waals surface area contributed by atoms with Gasteiger partial charge in [-0.2, -0.15) is 0 Å². The third-order valence-electron chi connectivity index (χ3n) is 4.79. The quantitative estimate of drug-likeness (QED) is 0.262. The van der Waals surface area contributed by atoms with Gasteiger partial charge in [-0.25, -0.2) is 0 Å². The maximum absolute atomic E-state index is 12.5. The van der Waals surface area contributed by atoms with E-state index in [1.54, 1.807) is 24.3 Å². The molecule has 2 rings (SSSR count). The number of para-hydroxylation sites is 1. The van der Waals surface area contributed by atoms with E-state index in [-0.39, 0.29) is 11.7 Å². The van der Waals surface area contributed by atoms with Crippen LogP contribution in [0.25, 0.3) is 0 Å². The van der Waals surface area contributed by atoms with Gasteiger partial charge in [0, 0.05) is 6.61 Å². The van der Waals surface area contributed by atoms with Gasteiger partial charge < -0.3 is 14.2 Å². The average Bonchev–Trinajstić information content (AvgIpc) is 2.84. The number of ether oxygens (including phenoxy) is 3. The number of hydrogen-bond acceptors (Lipinski definition) is 6. The molecule has 1 atom stereocenters. The molecule has 0 radical (unpaired) electrons. The van der Waals surface area contributed by atoms with Crippen LogP contribution in [-0.4, -0.2) is 43.4 Å². The van der Waals surface area contributed by atoms with Crippen molar-refractivity contribution < 1.29 is 23.8 Å². The molecule has 2 aromatic carbocycles. The number of benzene rings is 2. The molecule has 2 aromatic rings. The highest BCUT2D eigenvalue weighted by molar-refractivity contribution is 7.80. The molecule has 9 heteroatoms. The molecule has 178 valence electrons. The van der Waals surface area contributed by atoms with E-state index >= 15 is 0 Å². The van der Waals surface area contributed by atoms with Crippen LogP contribution in [0.5, 0.6) is 11.5 Å². The number of hydrogen-bond donors (Lipinski definition) is 3. The van der Waals surface area contributed by atoms with Crippen LogP contribution in [0, 0.1) is 0 Å². The molecule has 0 heterocycles. The Kier molecular flexibility index (Phi) is 11.1. The molecular weight excluding hydrogens is 442 g/mol. The summed E-state index contributed by atoms with van der Waals surface area (Å²) < 4.78 is 16.3. The summed E-state index contributed by atoms with van der Waals surface area (Å²) in [6, 6.07) is 14.4. The molecule has 0 aliphatic heterocycles. The van der Waals surface area contributed by atoms with Crippen molar-refractivity contribution in [2.45, 2.75) is 33.1 Å². The summed E-state index contributed by atoms with van der Waals surface area (Å²) in [5.74, 6) is 0.559. The van der Waals surface area contributed by atoms with Gasteiger partial charge in [0.25, 0.3) is 11.8 Å². The zero-order chi connectivity index (χ0) is 24.1. The van der Waals surface area contributed by atoms with Crippen LogP contribution >= 0.6 is 12.2 Å². The highest BCUT2D eigenvalue weighted by Gasteiger charge is 2.14. The van der Waals surface area contributed by atoms with E-state index in [4.69, 9.17) is 26.4 Å². The lowest BCUT2D eigenvalue weighted by atomic mass is 9.99. The standard InChI is InChI=1S/C24H31N3O5S/c1-4-17(3)18-10-12-19(13-11-18)32-16-22(28)26-27-24(33)25-23(29)20-8-6-7-9-21(20)31-15-14-30-5-2/h6-13,17H,4-5,14-16H2,1-3H3,(H,26,28)(H2,25,27,29,33). The van der Waals surface area contributed by atoms with Gasteiger partial charge in [-0.05, 0) is 61.3 Å². The highest BCUT2D eigenvalue weighted by Crippen LogP contribution is 2.21. The Morgan fingerprint density at radius 3 is 2.39 bits per heavy atom. The second-order valence-electron chi connectivity index (χ2n) is 7.16. The van der Waals surface area contributed by atoms with Crippen LogP contribution in [0.3, 0.4) is 0 Å². The maximum Gasteiger partial charge on any atom is 0.276 e. The summed E-state index contributed by atoms with van der Waals surface area (Å²) in [6.45, 7) is 7.31. The summed E-state index contributed by atoms with van der Waals surface area (Å²) in [5, 5.41) is 2.44. The summed E-state index contributed by atoms with van der Waals surface area (Å²) in [5.41, 5.74) is 6.42. The molecule has 1 unspecified atom stereocenters. The highest BCUT2D eigenvalue weighted by atomic mass is 32.1. The molecule has 2 amide bonds. The maximum atomic E-state index is 12.5. The monoisotopic (exact) mass is 473 g/mol. The summed E-state index contributed by atoms with van der Waals surface area (Å²) >= 11 is 5.08. The molecule has 0 saturated carbocycles. The van der Waals surface area contributed by atoms with Crippen molar-refractivity contribution in [1.82, 2.24) is 16.2 Å². The number of carbonyl (C=O) groups excluding carboxylic acids is 2. The Bertz CT molecular complexity index is 921. The van der Waals surface area contributed by atoms with Crippen molar-refractivity contribution in [2.75, 3.05) is 26.4 Å². The summed E-state index contributed by atoms with van der Waals surface area (Å²) in [4.78, 5) is 24.6. The van der Waals surface area contributed by atoms with Crippen LogP contribution in [0.4, 0.5) is 0 Å². The predicted molar refractivity (Wildman–Crippen MR) is 130 cm³/mol. The first-order valence-electron chi connectivity index (χ1n) is 10.9. The molecule has 3 N–H and O–H groups in total. The van der Waals surface area contributed by atoms with Crippen molar-refractivity contribution in [3.8, 4) is 11.5 Å². The number of hydrazine groups is 1. The molecule has 0 fully saturated rings. The van der Waals surface area contributed by atoms with Crippen LogP contribution in [0.1, 0.15) is 49.0 Å². The van der Waals surface area contributed by atoms with E-state index in [2.05, 4.69) is 30.0 Å². The molecule has 33 heavy (non-hydrogen) atoms. The normalized spacial score (nSPS) is 11.2. The number of amides is 2. The number of nitrogens with one attached hydrogen (secondary N) is 3. The minimum absolute atomic E-state index is 0.0598. The molecule has 0 aromatic heterocycles. The third kappa shape index (κ3) is 9.07. The summed E-state index contributed by atoms with van der Waals surface area (Å²) in [6.07, 6.45) is 1.05. The fourth-order valence-electron chi connectivity index (χ4n) is 2.78. The minimum Gasteiger partial charge on any atom is -0.490 e. The molecule has 8 nitrogen and oxygen atoms in total. The second kappa shape index (κ2) is 14.1. The lowest BCUT2D eigenvalue weighted by molar-refractivity contribution is -0.123. The Labute approximate surface area is 200 Å². The van der Waals surface area contributed by atoms with E-state index in [1.165, 1.54) is 5.56 Å². The van der Waals surface area contributed by atoms with Crippen molar-refractivity contribution in [2.24, 2.45) is 0 Å². The molecule has 0 bridgehead atoms. The number of rotatable bonds is 11. The Morgan fingerprint density at radius 2 is 1.70 bits per heavy atom. The van der Waals surface area contributed by atoms with Crippen molar-refractivity contribution in [3.05, 3.63) is 59.7 Å². The molecule has 0 aliphatic carbocycles. The van der Waals surface area contributed by atoms with Crippen molar-refractivity contribution >= 4 is 29.1 Å². The summed E-state index contributed by atoms with van der Waals surface area (Å²) in [7, 11) is 0. The van der Waals surface area contributed by atoms with Gasteiger partial charge in [-0.15, -0.1) is 0 Å². The van der Waals surface area contributed by atoms with E-state index in [9.17, 15) is 9.59 Å². The molecule has 0 spiro atoms. The fourth-order valence-corrected chi connectivity index (χ4v) is 2.92. The van der Waals surface area contributed by atoms with Gasteiger partial charge in [-0.3, -0.25) is 25.8 Å². The largest absolute Gasteiger partial charge is 0.490 e. The second-order valence-corrected chi connectivity index (χ2v) is 7.57. The van der Waals surface area contributed by atoms with Gasteiger partial charge in [0.15, 0.2) is 11.7 Å². The first-order chi connectivity index (χ1) is 15.9. The average molecular weight is 474 g/mol. The molecular formula is C24H31N3O5S. The van der Waals surface area contributed by atoms with Crippen molar-refractivity contribution in [3.63, 3.8) is 0 Å². The van der Waals surface area contributed by atoms with Crippen LogP contribution in [-0.2, 0) is 9.53 Å². The SMILES string of the molecule is CCOCCOc1ccccc1C(=O)NC(=S)NNC(=O)COc1ccc(C(C)CC)cc1. The topological polar surface area (TPSA) is 97.9 Å². The number of carbonyl (C=O) groups is 2. The first kappa shape index (κ1) is 26.1. The fraction of sp³-hybridized carbons (Fsp3) is 0.375. The van der Waals surface area contributed by atoms with E-state index < -0.39 is 11.8 Å². The Morgan fingerprint density at radius 1 is 0.970 bits per heavy atom. The zero-order valence-corrected chi connectivity index (χ0v) is 20.0.